The average Bonchev–Trinajstić information content (AvgIpc) is 3.26. The molecule has 1 aliphatic heterocycles. The van der Waals surface area contributed by atoms with Crippen LogP contribution in [0.3, 0.4) is 0 Å². The molecular formula is C18H19N7O10S2. The first-order valence-electron chi connectivity index (χ1n) is 10.0. The monoisotopic (exact) mass is 557 g/mol. The summed E-state index contributed by atoms with van der Waals surface area (Å²) in [6, 6.07) is 2.28. The first kappa shape index (κ1) is 27.2. The van der Waals surface area contributed by atoms with Gasteiger partial charge < -0.3 is 25.9 Å². The molecule has 5 N–H and O–H groups in total. The Morgan fingerprint density at radius 2 is 2.03 bits per heavy atom. The third-order valence-electron chi connectivity index (χ3n) is 4.84. The number of nitrogen functional groups attached to an aromatic ring is 1. The Hall–Kier alpha value is -4.36. The molecule has 1 saturated heterocycles. The normalized spacial score (nSPS) is 17.5. The van der Waals surface area contributed by atoms with E-state index in [1.54, 1.807) is 0 Å². The summed E-state index contributed by atoms with van der Waals surface area (Å²) in [7, 11) is -3.86. The first-order chi connectivity index (χ1) is 17.4. The number of nitro benzene ring substituents is 1. The second kappa shape index (κ2) is 11.1. The molecule has 3 amide bonds. The maximum atomic E-state index is 12.7. The Morgan fingerprint density at radius 3 is 2.57 bits per heavy atom. The van der Waals surface area contributed by atoms with E-state index < -0.39 is 51.8 Å². The van der Waals surface area contributed by atoms with Crippen molar-refractivity contribution in [1.29, 1.82) is 0 Å². The fourth-order valence-electron chi connectivity index (χ4n) is 3.17. The van der Waals surface area contributed by atoms with Crippen molar-refractivity contribution in [2.75, 3.05) is 19.4 Å². The number of carbonyl (C=O) groups is 3. The highest BCUT2D eigenvalue weighted by atomic mass is 32.2. The van der Waals surface area contributed by atoms with Crippen LogP contribution in [0.5, 0.6) is 0 Å². The van der Waals surface area contributed by atoms with Crippen molar-refractivity contribution < 1.29 is 41.9 Å². The van der Waals surface area contributed by atoms with Crippen molar-refractivity contribution >= 4 is 56.1 Å². The number of nitrogens with two attached hydrogens (primary N) is 1. The van der Waals surface area contributed by atoms with Gasteiger partial charge in [-0.2, -0.15) is 8.42 Å². The molecule has 17 nitrogen and oxygen atoms in total. The van der Waals surface area contributed by atoms with Crippen LogP contribution < -0.4 is 16.4 Å². The number of rotatable bonds is 10. The molecule has 0 aliphatic carbocycles. The number of nitro groups is 1. The van der Waals surface area contributed by atoms with E-state index in [-0.39, 0.29) is 33.1 Å². The molecule has 198 valence electrons. The smallest absolute Gasteiger partial charge is 0.407 e. The van der Waals surface area contributed by atoms with Crippen molar-refractivity contribution in [3.63, 3.8) is 0 Å². The highest BCUT2D eigenvalue weighted by Crippen LogP contribution is 2.24. The highest BCUT2D eigenvalue weighted by molar-refractivity contribution is 7.84. The maximum absolute atomic E-state index is 12.7. The number of hydrogen-bond acceptors (Lipinski definition) is 13. The SMILES string of the molecule is CO/N=C(\C(=O)NC1C(=O)N(S(=O)(=O)O)C1CNC(=O)OCc1ccc([N+](=O)[O-])cc1)c1csc(N)n1. The number of hydrogen-bond donors (Lipinski definition) is 4. The summed E-state index contributed by atoms with van der Waals surface area (Å²) in [5.74, 6) is -2.14. The van der Waals surface area contributed by atoms with Crippen LogP contribution >= 0.6 is 11.3 Å². The Balaban J connectivity index is 1.65. The topological polar surface area (TPSA) is 246 Å². The van der Waals surface area contributed by atoms with Crippen LogP contribution in [0.25, 0.3) is 0 Å². The van der Waals surface area contributed by atoms with Crippen molar-refractivity contribution in [3.8, 4) is 0 Å². The van der Waals surface area contributed by atoms with Crippen LogP contribution in [0.4, 0.5) is 15.6 Å². The molecule has 1 aromatic heterocycles. The van der Waals surface area contributed by atoms with Crippen LogP contribution in [0.15, 0.2) is 34.8 Å². The predicted octanol–water partition coefficient (Wildman–Crippen LogP) is -0.591. The van der Waals surface area contributed by atoms with Gasteiger partial charge in [-0.15, -0.1) is 11.3 Å². The fraction of sp³-hybridized carbons (Fsp3) is 0.278. The molecule has 2 aromatic rings. The highest BCUT2D eigenvalue weighted by Gasteiger charge is 2.54. The van der Waals surface area contributed by atoms with Crippen LogP contribution in [0.2, 0.25) is 0 Å². The Morgan fingerprint density at radius 1 is 1.35 bits per heavy atom. The number of ether oxygens (including phenoxy) is 1. The number of nitrogens with one attached hydrogen (secondary N) is 2. The van der Waals surface area contributed by atoms with E-state index >= 15 is 0 Å². The van der Waals surface area contributed by atoms with Crippen LogP contribution in [0, 0.1) is 10.1 Å². The average molecular weight is 558 g/mol. The molecular weight excluding hydrogens is 538 g/mol. The van der Waals surface area contributed by atoms with E-state index in [1.165, 1.54) is 29.6 Å². The van der Waals surface area contributed by atoms with Gasteiger partial charge >= 0.3 is 16.4 Å². The zero-order chi connectivity index (χ0) is 27.3. The van der Waals surface area contributed by atoms with E-state index in [4.69, 9.17) is 10.5 Å². The van der Waals surface area contributed by atoms with Crippen LogP contribution in [0.1, 0.15) is 11.3 Å². The Labute approximate surface area is 212 Å². The predicted molar refractivity (Wildman–Crippen MR) is 125 cm³/mol. The number of anilines is 1. The molecule has 0 saturated carbocycles. The van der Waals surface area contributed by atoms with Gasteiger partial charge in [-0.3, -0.25) is 24.3 Å². The molecule has 37 heavy (non-hydrogen) atoms. The third-order valence-corrected chi connectivity index (χ3v) is 6.46. The van der Waals surface area contributed by atoms with Gasteiger partial charge in [-0.1, -0.05) is 5.16 Å². The van der Waals surface area contributed by atoms with Crippen LogP contribution in [-0.4, -0.2) is 76.5 Å². The summed E-state index contributed by atoms with van der Waals surface area (Å²) in [5, 5.41) is 20.3. The quantitative estimate of drug-likeness (QED) is 0.0941. The second-order valence-corrected chi connectivity index (χ2v) is 9.38. The number of amides is 3. The van der Waals surface area contributed by atoms with Gasteiger partial charge in [0, 0.05) is 24.1 Å². The number of nitrogens with zero attached hydrogens (tertiary/aromatic N) is 4. The number of non-ortho nitro benzene ring substituents is 1. The fourth-order valence-corrected chi connectivity index (χ4v) is 4.59. The summed E-state index contributed by atoms with van der Waals surface area (Å²) < 4.78 is 37.7. The van der Waals surface area contributed by atoms with Gasteiger partial charge in [0.15, 0.2) is 10.8 Å². The number of thiazole rings is 1. The molecule has 1 aliphatic rings. The third kappa shape index (κ3) is 6.45. The standard InChI is InChI=1S/C18H19N7O10S2/c1-34-23-13(11-8-36-17(19)21-11)15(26)22-14-12(24(16(14)27)37(31,32)33)6-20-18(28)35-7-9-2-4-10(5-3-9)25(29)30/h2-5,8,12,14H,6-7H2,1H3,(H2,19,21)(H,20,28)(H,22,26)(H,31,32,33)/b23-13-. The lowest BCUT2D eigenvalue weighted by atomic mass is 9.98. The number of β-lactam (4-membered cyclic amide) rings is 1. The second-order valence-electron chi connectivity index (χ2n) is 7.20. The lowest BCUT2D eigenvalue weighted by molar-refractivity contribution is -0.384. The minimum absolute atomic E-state index is 0.0322. The van der Waals surface area contributed by atoms with Gasteiger partial charge in [0.1, 0.15) is 25.5 Å². The van der Waals surface area contributed by atoms with Crippen molar-refractivity contribution in [3.05, 3.63) is 51.0 Å². The molecule has 0 radical (unpaired) electrons. The number of alkyl carbamates (subject to hydrolysis) is 1. The van der Waals surface area contributed by atoms with E-state index in [9.17, 15) is 37.5 Å². The van der Waals surface area contributed by atoms with Gasteiger partial charge in [0.05, 0.1) is 11.0 Å². The maximum Gasteiger partial charge on any atom is 0.407 e. The molecule has 2 heterocycles. The van der Waals surface area contributed by atoms with Gasteiger partial charge in [-0.05, 0) is 17.7 Å². The van der Waals surface area contributed by atoms with Gasteiger partial charge in [-0.25, -0.2) is 14.1 Å². The molecule has 2 unspecified atom stereocenters. The van der Waals surface area contributed by atoms with E-state index in [0.29, 0.717) is 5.56 Å². The van der Waals surface area contributed by atoms with Gasteiger partial charge in [0.25, 0.3) is 17.5 Å². The number of benzene rings is 1. The van der Waals surface area contributed by atoms with Crippen molar-refractivity contribution in [2.45, 2.75) is 18.7 Å². The molecule has 1 aromatic carbocycles. The number of carbonyl (C=O) groups excluding carboxylic acids is 3. The van der Waals surface area contributed by atoms with Gasteiger partial charge in [0.2, 0.25) is 0 Å². The summed E-state index contributed by atoms with van der Waals surface area (Å²) in [6.45, 7) is -0.820. The summed E-state index contributed by atoms with van der Waals surface area (Å²) in [5.41, 5.74) is 5.50. The van der Waals surface area contributed by atoms with Crippen LogP contribution in [-0.2, 0) is 36.1 Å². The lowest BCUT2D eigenvalue weighted by Crippen LogP contribution is -2.74. The Bertz CT molecular complexity index is 1340. The first-order valence-corrected chi connectivity index (χ1v) is 12.3. The van der Waals surface area contributed by atoms with Crippen molar-refractivity contribution in [1.82, 2.24) is 19.9 Å². The van der Waals surface area contributed by atoms with E-state index in [1.807, 2.05) is 0 Å². The molecule has 3 rings (SSSR count). The molecule has 0 spiro atoms. The summed E-state index contributed by atoms with van der Waals surface area (Å²) in [6.07, 6.45) is -1.03. The zero-order valence-corrected chi connectivity index (χ0v) is 20.4. The largest absolute Gasteiger partial charge is 0.445 e. The zero-order valence-electron chi connectivity index (χ0n) is 18.8. The molecule has 0 bridgehead atoms. The number of oxime groups is 1. The van der Waals surface area contributed by atoms with E-state index in [0.717, 1.165) is 18.4 Å². The summed E-state index contributed by atoms with van der Waals surface area (Å²) >= 11 is 1.01. The van der Waals surface area contributed by atoms with Crippen molar-refractivity contribution in [2.24, 2.45) is 5.16 Å². The summed E-state index contributed by atoms with van der Waals surface area (Å²) in [4.78, 5) is 55.8. The number of aromatic nitrogens is 1. The molecule has 19 heteroatoms. The molecule has 2 atom stereocenters. The lowest BCUT2D eigenvalue weighted by Gasteiger charge is -2.44. The minimum Gasteiger partial charge on any atom is -0.445 e. The molecule has 1 fully saturated rings. The van der Waals surface area contributed by atoms with E-state index in [2.05, 4.69) is 25.6 Å². The minimum atomic E-state index is -5.02. The Kier molecular flexibility index (Phi) is 8.20.